The first-order valence-electron chi connectivity index (χ1n) is 5.52. The number of aliphatic carboxylic acids is 1. The van der Waals surface area contributed by atoms with Crippen molar-refractivity contribution in [2.24, 2.45) is 0 Å². The highest BCUT2D eigenvalue weighted by molar-refractivity contribution is 7.92. The molecule has 0 aliphatic carbocycles. The van der Waals surface area contributed by atoms with Gasteiger partial charge in [0, 0.05) is 6.54 Å². The molecule has 0 aliphatic heterocycles. The number of nitrogens with zero attached hydrogens (tertiary/aromatic N) is 3. The SMILES string of the molecule is CCCCCn1nnc(S(=O)(=O)CC(=O)O)c1N. The predicted octanol–water partition coefficient (Wildman–Crippen LogP) is -0.0912. The number of sulfone groups is 1. The Morgan fingerprint density at radius 1 is 1.44 bits per heavy atom. The molecule has 0 saturated carbocycles. The van der Waals surface area contributed by atoms with Crippen LogP contribution >= 0.6 is 0 Å². The van der Waals surface area contributed by atoms with Gasteiger partial charge in [-0.25, -0.2) is 13.1 Å². The summed E-state index contributed by atoms with van der Waals surface area (Å²) in [5.41, 5.74) is 5.61. The van der Waals surface area contributed by atoms with Crippen molar-refractivity contribution in [2.75, 3.05) is 11.5 Å². The highest BCUT2D eigenvalue weighted by Gasteiger charge is 2.26. The summed E-state index contributed by atoms with van der Waals surface area (Å²) in [7, 11) is -4.02. The summed E-state index contributed by atoms with van der Waals surface area (Å²) in [6, 6.07) is 0. The van der Waals surface area contributed by atoms with E-state index >= 15 is 0 Å². The second-order valence-electron chi connectivity index (χ2n) is 3.86. The molecule has 102 valence electrons. The minimum atomic E-state index is -4.02. The predicted molar refractivity (Wildman–Crippen MR) is 63.6 cm³/mol. The molecule has 0 radical (unpaired) electrons. The van der Waals surface area contributed by atoms with Gasteiger partial charge in [0.1, 0.15) is 0 Å². The van der Waals surface area contributed by atoms with Gasteiger partial charge in [-0.05, 0) is 6.42 Å². The molecule has 18 heavy (non-hydrogen) atoms. The fraction of sp³-hybridized carbons (Fsp3) is 0.667. The molecule has 0 aromatic carbocycles. The molecule has 8 nitrogen and oxygen atoms in total. The lowest BCUT2D eigenvalue weighted by atomic mass is 10.2. The topological polar surface area (TPSA) is 128 Å². The maximum absolute atomic E-state index is 11.6. The Kier molecular flexibility index (Phi) is 4.65. The van der Waals surface area contributed by atoms with E-state index < -0.39 is 26.6 Å². The van der Waals surface area contributed by atoms with Crippen molar-refractivity contribution in [1.29, 1.82) is 0 Å². The third-order valence-corrected chi connectivity index (χ3v) is 3.83. The van der Waals surface area contributed by atoms with E-state index in [9.17, 15) is 13.2 Å². The summed E-state index contributed by atoms with van der Waals surface area (Å²) >= 11 is 0. The molecular formula is C9H16N4O4S. The number of nitrogens with two attached hydrogens (primary N) is 1. The van der Waals surface area contributed by atoms with Gasteiger partial charge in [-0.2, -0.15) is 0 Å². The third kappa shape index (κ3) is 3.42. The van der Waals surface area contributed by atoms with Gasteiger partial charge in [-0.1, -0.05) is 25.0 Å². The van der Waals surface area contributed by atoms with Gasteiger partial charge < -0.3 is 10.8 Å². The van der Waals surface area contributed by atoms with Crippen LogP contribution in [0.2, 0.25) is 0 Å². The van der Waals surface area contributed by atoms with Crippen molar-refractivity contribution in [2.45, 2.75) is 37.8 Å². The zero-order valence-electron chi connectivity index (χ0n) is 10.0. The Bertz CT molecular complexity index is 523. The lowest BCUT2D eigenvalue weighted by Crippen LogP contribution is -2.17. The first-order valence-corrected chi connectivity index (χ1v) is 7.17. The molecule has 0 saturated heterocycles. The Balaban J connectivity index is 2.89. The van der Waals surface area contributed by atoms with Crippen LogP contribution in [0.15, 0.2) is 5.03 Å². The number of unbranched alkanes of at least 4 members (excludes halogenated alkanes) is 2. The molecule has 0 amide bonds. The zero-order valence-corrected chi connectivity index (χ0v) is 10.9. The Morgan fingerprint density at radius 2 is 2.11 bits per heavy atom. The highest BCUT2D eigenvalue weighted by atomic mass is 32.2. The maximum Gasteiger partial charge on any atom is 0.319 e. The molecular weight excluding hydrogens is 260 g/mol. The van der Waals surface area contributed by atoms with Crippen molar-refractivity contribution in [3.63, 3.8) is 0 Å². The number of carboxylic acid groups (broad SMARTS) is 1. The van der Waals surface area contributed by atoms with E-state index in [1.165, 1.54) is 4.68 Å². The van der Waals surface area contributed by atoms with Gasteiger partial charge in [0.25, 0.3) is 0 Å². The van der Waals surface area contributed by atoms with E-state index in [4.69, 9.17) is 10.8 Å². The van der Waals surface area contributed by atoms with Crippen LogP contribution in [0.4, 0.5) is 5.82 Å². The molecule has 1 heterocycles. The van der Waals surface area contributed by atoms with Gasteiger partial charge in [-0.3, -0.25) is 4.79 Å². The first-order chi connectivity index (χ1) is 8.38. The van der Waals surface area contributed by atoms with Crippen LogP contribution in [0, 0.1) is 0 Å². The van der Waals surface area contributed by atoms with E-state index in [1.54, 1.807) is 0 Å². The van der Waals surface area contributed by atoms with Gasteiger partial charge in [0.15, 0.2) is 11.6 Å². The summed E-state index contributed by atoms with van der Waals surface area (Å²) in [6.45, 7) is 2.50. The van der Waals surface area contributed by atoms with Gasteiger partial charge in [0.05, 0.1) is 0 Å². The lowest BCUT2D eigenvalue weighted by Gasteiger charge is -2.02. The van der Waals surface area contributed by atoms with Gasteiger partial charge in [-0.15, -0.1) is 5.10 Å². The van der Waals surface area contributed by atoms with Crippen LogP contribution in [-0.2, 0) is 21.2 Å². The number of hydrogen-bond acceptors (Lipinski definition) is 6. The standard InChI is InChI=1S/C9H16N4O4S/c1-2-3-4-5-13-8(10)9(11-12-13)18(16,17)6-7(14)15/h2-6,10H2,1H3,(H,14,15). The summed E-state index contributed by atoms with van der Waals surface area (Å²) in [5.74, 6) is -2.59. The van der Waals surface area contributed by atoms with Crippen molar-refractivity contribution in [3.05, 3.63) is 0 Å². The summed E-state index contributed by atoms with van der Waals surface area (Å²) in [4.78, 5) is 10.4. The molecule has 9 heteroatoms. The second-order valence-corrected chi connectivity index (χ2v) is 5.77. The number of nitrogen functional groups attached to an aromatic ring is 1. The summed E-state index contributed by atoms with van der Waals surface area (Å²) in [6.07, 6.45) is 2.79. The van der Waals surface area contributed by atoms with E-state index in [-0.39, 0.29) is 5.82 Å². The normalized spacial score (nSPS) is 11.6. The summed E-state index contributed by atoms with van der Waals surface area (Å²) in [5, 5.41) is 15.1. The number of carbonyl (C=O) groups is 1. The Hall–Kier alpha value is -1.64. The molecule has 0 unspecified atom stereocenters. The largest absolute Gasteiger partial charge is 0.480 e. The van der Waals surface area contributed by atoms with Crippen LogP contribution in [0.1, 0.15) is 26.2 Å². The smallest absolute Gasteiger partial charge is 0.319 e. The fourth-order valence-corrected chi connectivity index (χ4v) is 2.48. The molecule has 0 spiro atoms. The van der Waals surface area contributed by atoms with Crippen molar-refractivity contribution >= 4 is 21.6 Å². The molecule has 1 aromatic heterocycles. The molecule has 0 bridgehead atoms. The Labute approximate surface area is 105 Å². The molecule has 1 rings (SSSR count). The molecule has 1 aromatic rings. The first kappa shape index (κ1) is 14.4. The quantitative estimate of drug-likeness (QED) is 0.666. The van der Waals surface area contributed by atoms with E-state index in [1.807, 2.05) is 6.92 Å². The second kappa shape index (κ2) is 5.80. The van der Waals surface area contributed by atoms with Crippen LogP contribution < -0.4 is 5.73 Å². The number of aryl methyl sites for hydroxylation is 1. The highest BCUT2D eigenvalue weighted by Crippen LogP contribution is 2.16. The molecule has 0 fully saturated rings. The number of rotatable bonds is 7. The molecule has 0 aliphatic rings. The minimum absolute atomic E-state index is 0.104. The van der Waals surface area contributed by atoms with Crippen LogP contribution in [0.25, 0.3) is 0 Å². The fourth-order valence-electron chi connectivity index (χ4n) is 1.43. The van der Waals surface area contributed by atoms with Crippen LogP contribution in [0.3, 0.4) is 0 Å². The number of anilines is 1. The monoisotopic (exact) mass is 276 g/mol. The minimum Gasteiger partial charge on any atom is -0.480 e. The van der Waals surface area contributed by atoms with Gasteiger partial charge in [0.2, 0.25) is 14.9 Å². The van der Waals surface area contributed by atoms with E-state index in [2.05, 4.69) is 10.3 Å². The third-order valence-electron chi connectivity index (χ3n) is 2.32. The van der Waals surface area contributed by atoms with Crippen molar-refractivity contribution in [3.8, 4) is 0 Å². The van der Waals surface area contributed by atoms with E-state index in [0.717, 1.165) is 19.3 Å². The Morgan fingerprint density at radius 3 is 2.67 bits per heavy atom. The lowest BCUT2D eigenvalue weighted by molar-refractivity contribution is -0.134. The van der Waals surface area contributed by atoms with E-state index in [0.29, 0.717) is 6.54 Å². The number of carboxylic acids is 1. The average molecular weight is 276 g/mol. The maximum atomic E-state index is 11.6. The average Bonchev–Trinajstić information content (AvgIpc) is 2.59. The zero-order chi connectivity index (χ0) is 13.8. The molecule has 3 N–H and O–H groups in total. The van der Waals surface area contributed by atoms with Crippen LogP contribution in [0.5, 0.6) is 0 Å². The summed E-state index contributed by atoms with van der Waals surface area (Å²) < 4.78 is 24.5. The number of aromatic nitrogens is 3. The number of hydrogen-bond donors (Lipinski definition) is 2. The van der Waals surface area contributed by atoms with Crippen molar-refractivity contribution < 1.29 is 18.3 Å². The molecule has 0 atom stereocenters. The van der Waals surface area contributed by atoms with Crippen molar-refractivity contribution in [1.82, 2.24) is 15.0 Å². The van der Waals surface area contributed by atoms with Gasteiger partial charge >= 0.3 is 5.97 Å². The van der Waals surface area contributed by atoms with Crippen LogP contribution in [-0.4, -0.2) is 40.2 Å².